The van der Waals surface area contributed by atoms with Crippen LogP contribution in [0.3, 0.4) is 0 Å². The highest BCUT2D eigenvalue weighted by atomic mass is 16.2. The van der Waals surface area contributed by atoms with Crippen LogP contribution in [0.15, 0.2) is 48.2 Å². The molecule has 3 unspecified atom stereocenters. The molecule has 49 heavy (non-hydrogen) atoms. The number of unbranched alkanes of at least 4 members (excludes halogenated alkanes) is 1. The van der Waals surface area contributed by atoms with Crippen LogP contribution in [0.1, 0.15) is 90.1 Å². The number of amides is 5. The highest BCUT2D eigenvalue weighted by molar-refractivity contribution is 6.36. The Morgan fingerprint density at radius 3 is 2.59 bits per heavy atom. The van der Waals surface area contributed by atoms with Crippen LogP contribution in [0, 0.1) is 5.41 Å². The van der Waals surface area contributed by atoms with Crippen molar-refractivity contribution < 1.29 is 24.0 Å². The van der Waals surface area contributed by atoms with Gasteiger partial charge >= 0.3 is 0 Å². The predicted molar refractivity (Wildman–Crippen MR) is 183 cm³/mol. The first-order valence-corrected chi connectivity index (χ1v) is 17.1. The number of hydrogen-bond donors (Lipinski definition) is 4. The van der Waals surface area contributed by atoms with E-state index in [2.05, 4.69) is 32.6 Å². The zero-order chi connectivity index (χ0) is 34.5. The van der Waals surface area contributed by atoms with Crippen molar-refractivity contribution >= 4 is 47.1 Å². The highest BCUT2D eigenvalue weighted by Crippen LogP contribution is 2.30. The fourth-order valence-corrected chi connectivity index (χ4v) is 6.81. The number of benzene rings is 1. The molecule has 258 valence electrons. The first-order chi connectivity index (χ1) is 23.7. The van der Waals surface area contributed by atoms with Crippen molar-refractivity contribution in [3.63, 3.8) is 0 Å². The molecule has 4 heterocycles. The summed E-state index contributed by atoms with van der Waals surface area (Å²) in [5.74, 6) is -1.99. The quantitative estimate of drug-likeness (QED) is 0.102. The number of likely N-dealkylation sites (tertiary alicyclic amines) is 1. The number of imide groups is 2. The van der Waals surface area contributed by atoms with Crippen LogP contribution < -0.4 is 16.0 Å². The molecular weight excluding hydrogens is 626 g/mol. The van der Waals surface area contributed by atoms with Crippen LogP contribution in [-0.4, -0.2) is 105 Å². The zero-order valence-corrected chi connectivity index (χ0v) is 27.5. The van der Waals surface area contributed by atoms with Gasteiger partial charge in [0.1, 0.15) is 6.04 Å². The summed E-state index contributed by atoms with van der Waals surface area (Å²) < 4.78 is 1.91. The van der Waals surface area contributed by atoms with E-state index in [1.807, 2.05) is 21.9 Å². The van der Waals surface area contributed by atoms with Crippen LogP contribution in [0.2, 0.25) is 0 Å². The second-order valence-corrected chi connectivity index (χ2v) is 13.1. The normalized spacial score (nSPS) is 22.7. The minimum Gasteiger partial charge on any atom is -0.385 e. The zero-order valence-electron chi connectivity index (χ0n) is 27.5. The third-order valence-electron chi connectivity index (χ3n) is 9.85. The molecule has 5 amide bonds. The molecule has 3 aliphatic heterocycles. The van der Waals surface area contributed by atoms with Gasteiger partial charge in [-0.25, -0.2) is 0 Å². The number of carbonyl (C=O) groups is 5. The number of hydrogen-bond acceptors (Lipinski definition) is 10. The van der Waals surface area contributed by atoms with E-state index < -0.39 is 29.7 Å². The van der Waals surface area contributed by atoms with Gasteiger partial charge in [0.25, 0.3) is 11.8 Å². The average Bonchev–Trinajstić information content (AvgIpc) is 3.68. The van der Waals surface area contributed by atoms with Crippen molar-refractivity contribution in [2.45, 2.75) is 82.0 Å². The van der Waals surface area contributed by atoms with Crippen molar-refractivity contribution in [2.24, 2.45) is 4.99 Å². The summed E-state index contributed by atoms with van der Waals surface area (Å²) in [7, 11) is 0. The van der Waals surface area contributed by atoms with Crippen molar-refractivity contribution in [1.82, 2.24) is 30.2 Å². The Balaban J connectivity index is 0.895. The van der Waals surface area contributed by atoms with E-state index in [1.165, 1.54) is 0 Å². The molecule has 1 aromatic heterocycles. The van der Waals surface area contributed by atoms with Crippen LogP contribution in [0.4, 0.5) is 5.69 Å². The van der Waals surface area contributed by atoms with E-state index in [-0.39, 0.29) is 42.0 Å². The number of aromatic nitrogens is 2. The third-order valence-corrected chi connectivity index (χ3v) is 9.85. The highest BCUT2D eigenvalue weighted by Gasteiger charge is 2.44. The lowest BCUT2D eigenvalue weighted by molar-refractivity contribution is -0.136. The van der Waals surface area contributed by atoms with E-state index in [9.17, 15) is 24.0 Å². The summed E-state index contributed by atoms with van der Waals surface area (Å²) in [6.07, 6.45) is 12.9. The molecule has 3 fully saturated rings. The van der Waals surface area contributed by atoms with Gasteiger partial charge in [0.15, 0.2) is 0 Å². The molecule has 0 bridgehead atoms. The lowest BCUT2D eigenvalue weighted by Gasteiger charge is -2.34. The first kappa shape index (κ1) is 33.9. The van der Waals surface area contributed by atoms with E-state index in [0.29, 0.717) is 49.9 Å². The van der Waals surface area contributed by atoms with Gasteiger partial charge in [0, 0.05) is 68.7 Å². The summed E-state index contributed by atoms with van der Waals surface area (Å²) in [5, 5.41) is 21.8. The van der Waals surface area contributed by atoms with Gasteiger partial charge in [-0.1, -0.05) is 6.08 Å². The number of nitrogens with zero attached hydrogens (tertiary/aromatic N) is 5. The Labute approximate surface area is 284 Å². The molecule has 1 aromatic carbocycles. The van der Waals surface area contributed by atoms with Crippen LogP contribution >= 0.6 is 0 Å². The molecule has 0 spiro atoms. The van der Waals surface area contributed by atoms with E-state index >= 15 is 0 Å². The molecule has 6 rings (SSSR count). The summed E-state index contributed by atoms with van der Waals surface area (Å²) >= 11 is 0. The third kappa shape index (κ3) is 7.53. The Morgan fingerprint density at radius 1 is 1.06 bits per heavy atom. The van der Waals surface area contributed by atoms with Crippen molar-refractivity contribution in [3.8, 4) is 0 Å². The van der Waals surface area contributed by atoms with Crippen LogP contribution in [-0.2, 0) is 14.4 Å². The minimum absolute atomic E-state index is 0.0731. The van der Waals surface area contributed by atoms with E-state index in [1.54, 1.807) is 30.6 Å². The molecule has 4 aliphatic rings. The van der Waals surface area contributed by atoms with E-state index in [0.717, 1.165) is 49.1 Å². The Hall–Kier alpha value is -4.98. The molecule has 3 atom stereocenters. The fraction of sp³-hybridized carbons (Fsp3) is 0.486. The molecule has 14 nitrogen and oxygen atoms in total. The summed E-state index contributed by atoms with van der Waals surface area (Å²) in [6, 6.07) is 4.63. The second-order valence-electron chi connectivity index (χ2n) is 13.1. The van der Waals surface area contributed by atoms with Gasteiger partial charge in [0.05, 0.1) is 35.1 Å². The SMILES string of the molecule is C=CCNC1CCC1N=CC(=N)c1cnn(C2CCN(C(=O)CCCCNc3ccc4c(c3)C(=O)N(C3CCC(=O)NC3=O)C4=O)CC2)c1. The lowest BCUT2D eigenvalue weighted by atomic mass is 9.87. The number of anilines is 1. The number of rotatable bonds is 14. The first-order valence-electron chi connectivity index (χ1n) is 17.1. The predicted octanol–water partition coefficient (Wildman–Crippen LogP) is 2.48. The van der Waals surface area contributed by atoms with E-state index in [4.69, 9.17) is 5.41 Å². The molecular formula is C35H43N9O5. The summed E-state index contributed by atoms with van der Waals surface area (Å²) in [4.78, 5) is 70.1. The Bertz CT molecular complexity index is 1670. The smallest absolute Gasteiger partial charge is 0.262 e. The molecule has 4 N–H and O–H groups in total. The maximum absolute atomic E-state index is 13.1. The minimum atomic E-state index is -0.995. The average molecular weight is 670 g/mol. The van der Waals surface area contributed by atoms with Gasteiger partial charge in [-0.15, -0.1) is 6.58 Å². The number of aliphatic imine (C=N–C) groups is 1. The van der Waals surface area contributed by atoms with Gasteiger partial charge < -0.3 is 15.5 Å². The van der Waals surface area contributed by atoms with Crippen LogP contribution in [0.25, 0.3) is 0 Å². The maximum Gasteiger partial charge on any atom is 0.262 e. The lowest BCUT2D eigenvalue weighted by Crippen LogP contribution is -2.54. The Morgan fingerprint density at radius 2 is 1.86 bits per heavy atom. The molecule has 1 aliphatic carbocycles. The van der Waals surface area contributed by atoms with Gasteiger partial charge in [-0.05, 0) is 63.1 Å². The van der Waals surface area contributed by atoms with Gasteiger partial charge in [-0.2, -0.15) is 5.10 Å². The molecule has 2 aromatic rings. The van der Waals surface area contributed by atoms with Crippen molar-refractivity contribution in [1.29, 1.82) is 5.41 Å². The van der Waals surface area contributed by atoms with Gasteiger partial charge in [-0.3, -0.25) is 49.3 Å². The monoisotopic (exact) mass is 669 g/mol. The van der Waals surface area contributed by atoms with Crippen molar-refractivity contribution in [3.05, 3.63) is 59.9 Å². The number of carbonyl (C=O) groups excluding carboxylic acids is 5. The van der Waals surface area contributed by atoms with Crippen LogP contribution in [0.5, 0.6) is 0 Å². The second kappa shape index (κ2) is 15.1. The molecule has 14 heteroatoms. The maximum atomic E-state index is 13.1. The molecule has 1 saturated carbocycles. The molecule has 2 saturated heterocycles. The standard InChI is InChI=1S/C35H43N9O5/c1-2-14-38-28-8-9-29(28)39-20-27(36)22-19-40-43(21-22)24-12-16-42(17-13-24)32(46)5-3-4-15-37-23-6-7-25-26(18-23)35(49)44(34(25)48)30-10-11-31(45)41-33(30)47/h2,6-7,18-21,24,28-30,36-38H,1,3-5,8-17H2,(H,41,45,47). The summed E-state index contributed by atoms with van der Waals surface area (Å²) in [5.41, 5.74) is 2.22. The number of nitrogens with one attached hydrogen (secondary N) is 4. The number of fused-ring (bicyclic) bond motifs is 1. The fourth-order valence-electron chi connectivity index (χ4n) is 6.81. The number of piperidine rings is 2. The van der Waals surface area contributed by atoms with Gasteiger partial charge in [0.2, 0.25) is 17.7 Å². The van der Waals surface area contributed by atoms with Crippen molar-refractivity contribution in [2.75, 3.05) is 31.5 Å². The topological polar surface area (TPSA) is 182 Å². The molecule has 0 radical (unpaired) electrons. The largest absolute Gasteiger partial charge is 0.385 e. The summed E-state index contributed by atoms with van der Waals surface area (Å²) in [6.45, 7) is 6.41. The Kier molecular flexibility index (Phi) is 10.4.